The Labute approximate surface area is 171 Å². The highest BCUT2D eigenvalue weighted by Crippen LogP contribution is 2.42. The summed E-state index contributed by atoms with van der Waals surface area (Å²) in [6.45, 7) is 1.54. The average Bonchev–Trinajstić information content (AvgIpc) is 2.96. The van der Waals surface area contributed by atoms with Crippen LogP contribution in [0.2, 0.25) is 0 Å². The molecular weight excluding hydrogens is 422 g/mol. The van der Waals surface area contributed by atoms with E-state index in [2.05, 4.69) is 0 Å². The molecule has 0 fully saturated rings. The van der Waals surface area contributed by atoms with Crippen molar-refractivity contribution in [1.82, 2.24) is 0 Å². The normalized spacial score (nSPS) is 19.4. The van der Waals surface area contributed by atoms with Crippen molar-refractivity contribution in [2.24, 2.45) is 0 Å². The van der Waals surface area contributed by atoms with Gasteiger partial charge in [0.2, 0.25) is 0 Å². The lowest BCUT2D eigenvalue weighted by molar-refractivity contribution is 0.0903. The lowest BCUT2D eigenvalue weighted by Crippen LogP contribution is -2.13. The highest BCUT2D eigenvalue weighted by Gasteiger charge is 2.39. The van der Waals surface area contributed by atoms with Gasteiger partial charge in [-0.05, 0) is 53.3 Å². The molecule has 1 N–H and O–H groups in total. The Morgan fingerprint density at radius 2 is 1.97 bits per heavy atom. The van der Waals surface area contributed by atoms with Crippen molar-refractivity contribution in [3.63, 3.8) is 0 Å². The van der Waals surface area contributed by atoms with Crippen LogP contribution in [0.1, 0.15) is 59.0 Å². The van der Waals surface area contributed by atoms with Crippen molar-refractivity contribution in [3.8, 4) is 6.07 Å². The number of halogens is 4. The quantitative estimate of drug-likeness (QED) is 0.707. The maximum Gasteiger partial charge on any atom is 0.178 e. The van der Waals surface area contributed by atoms with Crippen LogP contribution < -0.4 is 0 Å². The van der Waals surface area contributed by atoms with Crippen LogP contribution in [-0.2, 0) is 22.7 Å². The highest BCUT2D eigenvalue weighted by atomic mass is 32.2. The summed E-state index contributed by atoms with van der Waals surface area (Å²) in [5, 5.41) is 19.5. The molecule has 1 aliphatic carbocycles. The van der Waals surface area contributed by atoms with E-state index in [1.165, 1.54) is 6.92 Å². The zero-order valence-corrected chi connectivity index (χ0v) is 17.0. The topological polar surface area (TPSA) is 78.2 Å². The second kappa shape index (κ2) is 8.00. The van der Waals surface area contributed by atoms with Gasteiger partial charge in [-0.3, -0.25) is 0 Å². The maximum absolute atomic E-state index is 14.8. The van der Waals surface area contributed by atoms with Crippen LogP contribution in [0.5, 0.6) is 0 Å². The fourth-order valence-corrected chi connectivity index (χ4v) is 5.02. The summed E-state index contributed by atoms with van der Waals surface area (Å²) < 4.78 is 81.5. The van der Waals surface area contributed by atoms with Crippen molar-refractivity contribution in [3.05, 3.63) is 63.2 Å². The third-order valence-corrected chi connectivity index (χ3v) is 6.47. The molecule has 160 valence electrons. The summed E-state index contributed by atoms with van der Waals surface area (Å²) in [4.78, 5) is -0.773. The van der Waals surface area contributed by atoms with E-state index < -0.39 is 44.8 Å². The molecular formula is C21H19F4NO3S. The van der Waals surface area contributed by atoms with Gasteiger partial charge in [0, 0.05) is 18.2 Å². The Hall–Kier alpha value is -2.44. The molecule has 9 heteroatoms. The van der Waals surface area contributed by atoms with E-state index in [1.54, 1.807) is 6.07 Å². The number of aliphatic hydroxyl groups is 1. The third kappa shape index (κ3) is 3.82. The van der Waals surface area contributed by atoms with Gasteiger partial charge in [-0.25, -0.2) is 26.0 Å². The Balaban J connectivity index is 2.26. The van der Waals surface area contributed by atoms with Gasteiger partial charge < -0.3 is 5.11 Å². The lowest BCUT2D eigenvalue weighted by Gasteiger charge is -2.18. The molecule has 1 aliphatic rings. The van der Waals surface area contributed by atoms with Crippen LogP contribution in [0.3, 0.4) is 0 Å². The summed E-state index contributed by atoms with van der Waals surface area (Å²) in [6.07, 6.45) is -5.10. The highest BCUT2D eigenvalue weighted by molar-refractivity contribution is 7.90. The van der Waals surface area contributed by atoms with Gasteiger partial charge in [0.05, 0.1) is 11.6 Å². The number of alkyl halides is 2. The molecule has 30 heavy (non-hydrogen) atoms. The van der Waals surface area contributed by atoms with Crippen LogP contribution in [-0.4, -0.2) is 26.0 Å². The number of rotatable bonds is 5. The Bertz CT molecular complexity index is 1160. The van der Waals surface area contributed by atoms with Gasteiger partial charge in [-0.1, -0.05) is 6.92 Å². The minimum Gasteiger partial charge on any atom is -0.385 e. The number of hydrogen-bond acceptors (Lipinski definition) is 4. The average molecular weight is 441 g/mol. The standard InChI is InChI=1S/C21H19F4NO3S/c1-3-16(23)15-7-12(22)4-11(9-26)13(15)5-10-6-18(25)21(30(2,28)29)19-14(10)8-17(24)20(19)27/h4,6-7,16-17,20,27H,3,5,8H2,1-2H3. The first kappa shape index (κ1) is 22.2. The molecule has 2 aromatic rings. The smallest absolute Gasteiger partial charge is 0.178 e. The summed E-state index contributed by atoms with van der Waals surface area (Å²) in [6, 6.07) is 4.57. The first-order valence-electron chi connectivity index (χ1n) is 9.22. The van der Waals surface area contributed by atoms with E-state index in [-0.39, 0.29) is 52.6 Å². The SMILES string of the molecule is CCC(F)c1cc(F)cc(C#N)c1Cc1cc(F)c(S(C)(=O)=O)c2c1CC(F)C2O. The number of sulfone groups is 1. The van der Waals surface area contributed by atoms with Crippen molar-refractivity contribution >= 4 is 9.84 Å². The third-order valence-electron chi connectivity index (χ3n) is 5.32. The van der Waals surface area contributed by atoms with Crippen molar-refractivity contribution in [1.29, 1.82) is 5.26 Å². The molecule has 0 aromatic heterocycles. The summed E-state index contributed by atoms with van der Waals surface area (Å²) in [5.74, 6) is -1.97. The zero-order chi connectivity index (χ0) is 22.4. The predicted octanol–water partition coefficient (Wildman–Crippen LogP) is 4.18. The van der Waals surface area contributed by atoms with Crippen molar-refractivity contribution in [2.75, 3.05) is 6.26 Å². The number of benzene rings is 2. The Kier molecular flexibility index (Phi) is 5.94. The van der Waals surface area contributed by atoms with E-state index in [0.717, 1.165) is 24.5 Å². The van der Waals surface area contributed by atoms with E-state index in [1.807, 2.05) is 0 Å². The molecule has 3 unspecified atom stereocenters. The Morgan fingerprint density at radius 3 is 2.53 bits per heavy atom. The van der Waals surface area contributed by atoms with E-state index in [0.29, 0.717) is 0 Å². The van der Waals surface area contributed by atoms with Crippen LogP contribution in [0.15, 0.2) is 23.1 Å². The Morgan fingerprint density at radius 1 is 1.30 bits per heavy atom. The van der Waals surface area contributed by atoms with Gasteiger partial charge in [0.25, 0.3) is 0 Å². The molecule has 0 amide bonds. The first-order chi connectivity index (χ1) is 14.0. The summed E-state index contributed by atoms with van der Waals surface area (Å²) in [7, 11) is -4.11. The first-order valence-corrected chi connectivity index (χ1v) is 11.1. The van der Waals surface area contributed by atoms with Crippen LogP contribution in [0.25, 0.3) is 0 Å². The second-order valence-electron chi connectivity index (χ2n) is 7.36. The van der Waals surface area contributed by atoms with Crippen LogP contribution >= 0.6 is 0 Å². The molecule has 0 heterocycles. The van der Waals surface area contributed by atoms with Crippen LogP contribution in [0.4, 0.5) is 17.6 Å². The fraction of sp³-hybridized carbons (Fsp3) is 0.381. The second-order valence-corrected chi connectivity index (χ2v) is 9.31. The zero-order valence-electron chi connectivity index (χ0n) is 16.2. The molecule has 3 atom stereocenters. The number of nitrogens with zero attached hydrogens (tertiary/aromatic N) is 1. The van der Waals surface area contributed by atoms with Crippen LogP contribution in [0, 0.1) is 23.0 Å². The van der Waals surface area contributed by atoms with Gasteiger partial charge in [-0.15, -0.1) is 0 Å². The molecule has 0 bridgehead atoms. The molecule has 0 radical (unpaired) electrons. The molecule has 0 saturated heterocycles. The number of nitriles is 1. The van der Waals surface area contributed by atoms with E-state index in [4.69, 9.17) is 0 Å². The van der Waals surface area contributed by atoms with Crippen molar-refractivity contribution < 1.29 is 31.1 Å². The predicted molar refractivity (Wildman–Crippen MR) is 101 cm³/mol. The number of aliphatic hydroxyl groups excluding tert-OH is 1. The van der Waals surface area contributed by atoms with Gasteiger partial charge in [0.1, 0.15) is 35.0 Å². The molecule has 0 aliphatic heterocycles. The minimum atomic E-state index is -4.11. The summed E-state index contributed by atoms with van der Waals surface area (Å²) in [5.41, 5.74) is -0.263. The van der Waals surface area contributed by atoms with E-state index in [9.17, 15) is 36.3 Å². The molecule has 2 aromatic carbocycles. The summed E-state index contributed by atoms with van der Waals surface area (Å²) >= 11 is 0. The van der Waals surface area contributed by atoms with E-state index >= 15 is 0 Å². The van der Waals surface area contributed by atoms with Gasteiger partial charge in [-0.2, -0.15) is 5.26 Å². The largest absolute Gasteiger partial charge is 0.385 e. The van der Waals surface area contributed by atoms with Crippen molar-refractivity contribution in [2.45, 2.75) is 49.5 Å². The molecule has 0 spiro atoms. The molecule has 0 saturated carbocycles. The van der Waals surface area contributed by atoms with Gasteiger partial charge >= 0.3 is 0 Å². The lowest BCUT2D eigenvalue weighted by atomic mass is 9.89. The fourth-order valence-electron chi connectivity index (χ4n) is 3.96. The molecule has 4 nitrogen and oxygen atoms in total. The van der Waals surface area contributed by atoms with Gasteiger partial charge in [0.15, 0.2) is 9.84 Å². The minimum absolute atomic E-state index is 0.00603. The monoisotopic (exact) mass is 441 g/mol. The maximum atomic E-state index is 14.8. The number of fused-ring (bicyclic) bond motifs is 1. The molecule has 3 rings (SSSR count). The number of hydrogen-bond donors (Lipinski definition) is 1.